The van der Waals surface area contributed by atoms with E-state index in [1.54, 1.807) is 12.3 Å². The molecule has 6 heteroatoms. The van der Waals surface area contributed by atoms with Gasteiger partial charge in [-0.25, -0.2) is 0 Å². The maximum absolute atomic E-state index is 6.25. The molecule has 0 spiro atoms. The Labute approximate surface area is 129 Å². The van der Waals surface area contributed by atoms with Crippen molar-refractivity contribution >= 4 is 23.2 Å². The quantitative estimate of drug-likeness (QED) is 0.792. The van der Waals surface area contributed by atoms with Crippen LogP contribution in [0.25, 0.3) is 0 Å². The molecule has 0 aliphatic carbocycles. The summed E-state index contributed by atoms with van der Waals surface area (Å²) in [6, 6.07) is 5.90. The van der Waals surface area contributed by atoms with Gasteiger partial charge in [-0.15, -0.1) is 5.10 Å². The van der Waals surface area contributed by atoms with Gasteiger partial charge in [0.1, 0.15) is 0 Å². The van der Waals surface area contributed by atoms with Crippen molar-refractivity contribution in [2.45, 2.75) is 32.4 Å². The Balaban J connectivity index is 1.85. The number of benzene rings is 1. The van der Waals surface area contributed by atoms with Crippen LogP contribution >= 0.6 is 23.2 Å². The first-order chi connectivity index (χ1) is 9.70. The van der Waals surface area contributed by atoms with Gasteiger partial charge in [-0.3, -0.25) is 4.68 Å². The number of aryl methyl sites for hydroxylation is 1. The minimum absolute atomic E-state index is 0.246. The number of hydrogen-bond donors (Lipinski definition) is 1. The molecule has 20 heavy (non-hydrogen) atoms. The first-order valence-electron chi connectivity index (χ1n) is 6.73. The zero-order valence-electron chi connectivity index (χ0n) is 11.4. The van der Waals surface area contributed by atoms with Crippen LogP contribution in [0.2, 0.25) is 10.0 Å². The first-order valence-corrected chi connectivity index (χ1v) is 7.48. The zero-order chi connectivity index (χ0) is 14.4. The van der Waals surface area contributed by atoms with Crippen molar-refractivity contribution in [2.75, 3.05) is 6.54 Å². The molecule has 0 fully saturated rings. The molecule has 0 radical (unpaired) electrons. The van der Waals surface area contributed by atoms with Crippen LogP contribution in [-0.2, 0) is 6.54 Å². The molecular formula is C14H18Cl2N4. The summed E-state index contributed by atoms with van der Waals surface area (Å²) in [5.41, 5.74) is 1.10. The first kappa shape index (κ1) is 15.3. The minimum atomic E-state index is 0.246. The van der Waals surface area contributed by atoms with Crippen LogP contribution in [0, 0.1) is 0 Å². The second-order valence-corrected chi connectivity index (χ2v) is 5.44. The van der Waals surface area contributed by atoms with Crippen molar-refractivity contribution in [2.24, 2.45) is 0 Å². The van der Waals surface area contributed by atoms with Crippen molar-refractivity contribution in [3.8, 4) is 0 Å². The molecule has 2 aromatic rings. The molecule has 0 saturated heterocycles. The maximum Gasteiger partial charge on any atom is 0.0692 e. The fraction of sp³-hybridized carbons (Fsp3) is 0.429. The number of halogens is 2. The van der Waals surface area contributed by atoms with E-state index >= 15 is 0 Å². The molecule has 1 aromatic heterocycles. The van der Waals surface area contributed by atoms with Crippen LogP contribution in [0.4, 0.5) is 0 Å². The van der Waals surface area contributed by atoms with Crippen molar-refractivity contribution in [3.63, 3.8) is 0 Å². The average Bonchev–Trinajstić information content (AvgIpc) is 2.93. The standard InChI is InChI=1S/C14H18Cl2N4/c1-2-14(12-5-4-11(15)10-13(12)16)17-6-3-8-20-9-7-18-19-20/h4-5,7,9-10,14,17H,2-3,6,8H2,1H3. The smallest absolute Gasteiger partial charge is 0.0692 e. The summed E-state index contributed by atoms with van der Waals surface area (Å²) in [5, 5.41) is 12.6. The highest BCUT2D eigenvalue weighted by Crippen LogP contribution is 2.27. The second kappa shape index (κ2) is 7.62. The summed E-state index contributed by atoms with van der Waals surface area (Å²) in [6.45, 7) is 3.90. The van der Waals surface area contributed by atoms with Crippen molar-refractivity contribution < 1.29 is 0 Å². The number of nitrogens with one attached hydrogen (secondary N) is 1. The lowest BCUT2D eigenvalue weighted by Crippen LogP contribution is -2.23. The third-order valence-corrected chi connectivity index (χ3v) is 3.74. The van der Waals surface area contributed by atoms with Gasteiger partial charge in [0.2, 0.25) is 0 Å². The lowest BCUT2D eigenvalue weighted by Gasteiger charge is -2.19. The van der Waals surface area contributed by atoms with E-state index in [0.29, 0.717) is 10.0 Å². The normalized spacial score (nSPS) is 12.6. The number of nitrogens with zero attached hydrogens (tertiary/aromatic N) is 3. The minimum Gasteiger partial charge on any atom is -0.310 e. The van der Waals surface area contributed by atoms with Crippen molar-refractivity contribution in [1.29, 1.82) is 0 Å². The van der Waals surface area contributed by atoms with E-state index in [4.69, 9.17) is 23.2 Å². The van der Waals surface area contributed by atoms with Gasteiger partial charge in [-0.2, -0.15) is 0 Å². The fourth-order valence-corrected chi connectivity index (χ4v) is 2.67. The molecule has 0 saturated carbocycles. The SMILES string of the molecule is CCC(NCCCn1ccnn1)c1ccc(Cl)cc1Cl. The summed E-state index contributed by atoms with van der Waals surface area (Å²) >= 11 is 12.2. The van der Waals surface area contributed by atoms with E-state index in [-0.39, 0.29) is 6.04 Å². The Hall–Kier alpha value is -1.10. The molecule has 4 nitrogen and oxygen atoms in total. The van der Waals surface area contributed by atoms with Crippen LogP contribution < -0.4 is 5.32 Å². The molecule has 0 bridgehead atoms. The summed E-state index contributed by atoms with van der Waals surface area (Å²) in [5.74, 6) is 0. The lowest BCUT2D eigenvalue weighted by atomic mass is 10.0. The van der Waals surface area contributed by atoms with Crippen LogP contribution in [0.1, 0.15) is 31.4 Å². The number of hydrogen-bond acceptors (Lipinski definition) is 3. The highest BCUT2D eigenvalue weighted by atomic mass is 35.5. The Kier molecular flexibility index (Phi) is 5.83. The average molecular weight is 313 g/mol. The van der Waals surface area contributed by atoms with Gasteiger partial charge in [0.05, 0.1) is 6.20 Å². The Bertz CT molecular complexity index is 528. The van der Waals surface area contributed by atoms with Crippen LogP contribution in [-0.4, -0.2) is 21.5 Å². The second-order valence-electron chi connectivity index (χ2n) is 4.60. The van der Waals surface area contributed by atoms with E-state index in [1.807, 2.05) is 23.0 Å². The predicted molar refractivity (Wildman–Crippen MR) is 82.1 cm³/mol. The molecule has 0 amide bonds. The molecule has 0 aliphatic rings. The highest BCUT2D eigenvalue weighted by molar-refractivity contribution is 6.35. The molecule has 2 rings (SSSR count). The summed E-state index contributed by atoms with van der Waals surface area (Å²) in [4.78, 5) is 0. The van der Waals surface area contributed by atoms with E-state index in [2.05, 4.69) is 22.6 Å². The van der Waals surface area contributed by atoms with Gasteiger partial charge in [0.15, 0.2) is 0 Å². The van der Waals surface area contributed by atoms with Crippen LogP contribution in [0.3, 0.4) is 0 Å². The Morgan fingerprint density at radius 1 is 1.35 bits per heavy atom. The third kappa shape index (κ3) is 4.20. The monoisotopic (exact) mass is 312 g/mol. The molecule has 108 valence electrons. The van der Waals surface area contributed by atoms with E-state index in [1.165, 1.54) is 0 Å². The lowest BCUT2D eigenvalue weighted by molar-refractivity contribution is 0.475. The van der Waals surface area contributed by atoms with Crippen molar-refractivity contribution in [3.05, 3.63) is 46.2 Å². The summed E-state index contributed by atoms with van der Waals surface area (Å²) < 4.78 is 1.83. The Morgan fingerprint density at radius 2 is 2.20 bits per heavy atom. The van der Waals surface area contributed by atoms with Gasteiger partial charge in [-0.1, -0.05) is 41.4 Å². The third-order valence-electron chi connectivity index (χ3n) is 3.17. The summed E-state index contributed by atoms with van der Waals surface area (Å²) in [6.07, 6.45) is 5.53. The van der Waals surface area contributed by atoms with Gasteiger partial charge in [0.25, 0.3) is 0 Å². The number of rotatable bonds is 7. The van der Waals surface area contributed by atoms with Crippen LogP contribution in [0.15, 0.2) is 30.6 Å². The van der Waals surface area contributed by atoms with Crippen LogP contribution in [0.5, 0.6) is 0 Å². The Morgan fingerprint density at radius 3 is 2.85 bits per heavy atom. The zero-order valence-corrected chi connectivity index (χ0v) is 12.9. The van der Waals surface area contributed by atoms with Gasteiger partial charge in [0, 0.05) is 28.8 Å². The molecule has 1 N–H and O–H groups in total. The number of aromatic nitrogens is 3. The highest BCUT2D eigenvalue weighted by Gasteiger charge is 2.12. The molecular weight excluding hydrogens is 295 g/mol. The molecule has 1 heterocycles. The van der Waals surface area contributed by atoms with Gasteiger partial charge < -0.3 is 5.32 Å². The van der Waals surface area contributed by atoms with Crippen molar-refractivity contribution in [1.82, 2.24) is 20.3 Å². The molecule has 1 aromatic carbocycles. The van der Waals surface area contributed by atoms with E-state index < -0.39 is 0 Å². The van der Waals surface area contributed by atoms with Gasteiger partial charge in [-0.05, 0) is 37.1 Å². The molecule has 0 aliphatic heterocycles. The molecule has 1 atom stereocenters. The predicted octanol–water partition coefficient (Wildman–Crippen LogP) is 3.72. The summed E-state index contributed by atoms with van der Waals surface area (Å²) in [7, 11) is 0. The van der Waals surface area contributed by atoms with Gasteiger partial charge >= 0.3 is 0 Å². The largest absolute Gasteiger partial charge is 0.310 e. The fourth-order valence-electron chi connectivity index (χ4n) is 2.13. The molecule has 1 unspecified atom stereocenters. The van der Waals surface area contributed by atoms with E-state index in [9.17, 15) is 0 Å². The maximum atomic E-state index is 6.25. The van der Waals surface area contributed by atoms with E-state index in [0.717, 1.165) is 31.5 Å². The topological polar surface area (TPSA) is 42.7 Å².